The summed E-state index contributed by atoms with van der Waals surface area (Å²) in [5.74, 6) is 2.42. The summed E-state index contributed by atoms with van der Waals surface area (Å²) in [4.78, 5) is 5.32. The van der Waals surface area contributed by atoms with Gasteiger partial charge in [0, 0.05) is 12.6 Å². The van der Waals surface area contributed by atoms with Gasteiger partial charge >= 0.3 is 0 Å². The van der Waals surface area contributed by atoms with Gasteiger partial charge in [0.1, 0.15) is 0 Å². The molecule has 2 saturated heterocycles. The molecule has 3 unspecified atom stereocenters. The van der Waals surface area contributed by atoms with E-state index in [0.717, 1.165) is 30.3 Å². The van der Waals surface area contributed by atoms with Crippen molar-refractivity contribution in [2.75, 3.05) is 39.8 Å². The second-order valence-corrected chi connectivity index (χ2v) is 7.56. The van der Waals surface area contributed by atoms with E-state index in [1.165, 1.54) is 58.3 Å². The molecule has 2 heterocycles. The van der Waals surface area contributed by atoms with Gasteiger partial charge in [0.25, 0.3) is 0 Å². The Kier molecular flexibility index (Phi) is 6.31. The number of likely N-dealkylation sites (tertiary alicyclic amines) is 2. The van der Waals surface area contributed by atoms with E-state index in [2.05, 4.69) is 30.7 Å². The molecule has 0 aliphatic carbocycles. The average Bonchev–Trinajstić information content (AvgIpc) is 2.43. The van der Waals surface area contributed by atoms with Crippen LogP contribution in [0.4, 0.5) is 0 Å². The molecule has 0 bridgehead atoms. The highest BCUT2D eigenvalue weighted by molar-refractivity contribution is 4.89. The van der Waals surface area contributed by atoms with Gasteiger partial charge in [0.15, 0.2) is 0 Å². The van der Waals surface area contributed by atoms with Crippen molar-refractivity contribution in [3.05, 3.63) is 0 Å². The highest BCUT2D eigenvalue weighted by Crippen LogP contribution is 2.29. The van der Waals surface area contributed by atoms with Crippen molar-refractivity contribution < 1.29 is 0 Å². The quantitative estimate of drug-likeness (QED) is 0.811. The first-order valence-electron chi connectivity index (χ1n) is 8.72. The molecule has 0 aromatic rings. The van der Waals surface area contributed by atoms with Crippen LogP contribution in [-0.2, 0) is 0 Å². The maximum Gasteiger partial charge on any atom is 0.0145 e. The number of hydrogen-bond donors (Lipinski definition) is 1. The van der Waals surface area contributed by atoms with E-state index < -0.39 is 0 Å². The Morgan fingerprint density at radius 2 is 2.00 bits per heavy atom. The van der Waals surface area contributed by atoms with Crippen LogP contribution in [0.3, 0.4) is 0 Å². The lowest BCUT2D eigenvalue weighted by molar-refractivity contribution is 0.0363. The zero-order valence-electron chi connectivity index (χ0n) is 13.9. The molecule has 2 fully saturated rings. The lowest BCUT2D eigenvalue weighted by Crippen LogP contribution is -2.52. The Morgan fingerprint density at radius 1 is 1.20 bits per heavy atom. The predicted octanol–water partition coefficient (Wildman–Crippen LogP) is 2.41. The summed E-state index contributed by atoms with van der Waals surface area (Å²) >= 11 is 0. The average molecular weight is 281 g/mol. The van der Waals surface area contributed by atoms with E-state index in [-0.39, 0.29) is 0 Å². The van der Waals surface area contributed by atoms with Crippen LogP contribution >= 0.6 is 0 Å². The van der Waals surface area contributed by atoms with E-state index in [1.807, 2.05) is 0 Å². The molecular weight excluding hydrogens is 246 g/mol. The molecule has 0 aromatic carbocycles. The molecule has 0 aromatic heterocycles. The minimum atomic E-state index is 0.724. The van der Waals surface area contributed by atoms with Crippen molar-refractivity contribution in [3.8, 4) is 0 Å². The molecule has 3 atom stereocenters. The third-order valence-corrected chi connectivity index (χ3v) is 5.42. The normalized spacial score (nSPS) is 30.4. The van der Waals surface area contributed by atoms with Crippen LogP contribution in [0.2, 0.25) is 0 Å². The number of nitrogens with zero attached hydrogens (tertiary/aromatic N) is 2. The molecule has 2 aliphatic heterocycles. The number of piperidine rings is 2. The van der Waals surface area contributed by atoms with Gasteiger partial charge in [-0.15, -0.1) is 0 Å². The second-order valence-electron chi connectivity index (χ2n) is 7.56. The molecule has 0 radical (unpaired) electrons. The third kappa shape index (κ3) is 4.44. The Labute approximate surface area is 125 Å². The van der Waals surface area contributed by atoms with Gasteiger partial charge < -0.3 is 15.5 Å². The molecule has 20 heavy (non-hydrogen) atoms. The van der Waals surface area contributed by atoms with Crippen molar-refractivity contribution in [2.45, 2.75) is 52.0 Å². The van der Waals surface area contributed by atoms with E-state index in [1.54, 1.807) is 0 Å². The van der Waals surface area contributed by atoms with E-state index in [9.17, 15) is 0 Å². The Bertz CT molecular complexity index is 279. The monoisotopic (exact) mass is 281 g/mol. The number of hydrogen-bond acceptors (Lipinski definition) is 3. The first-order valence-corrected chi connectivity index (χ1v) is 8.72. The highest BCUT2D eigenvalue weighted by Gasteiger charge is 2.33. The molecule has 0 spiro atoms. The molecule has 0 saturated carbocycles. The van der Waals surface area contributed by atoms with E-state index in [0.29, 0.717) is 0 Å². The van der Waals surface area contributed by atoms with Crippen LogP contribution in [-0.4, -0.2) is 55.6 Å². The molecular formula is C17H35N3. The summed E-state index contributed by atoms with van der Waals surface area (Å²) in [5, 5.41) is 0. The molecule has 2 rings (SSSR count). The van der Waals surface area contributed by atoms with Gasteiger partial charge in [-0.25, -0.2) is 0 Å². The van der Waals surface area contributed by atoms with Gasteiger partial charge in [-0.05, 0) is 83.1 Å². The third-order valence-electron chi connectivity index (χ3n) is 5.42. The molecule has 2 N–H and O–H groups in total. The number of fused-ring (bicyclic) bond motifs is 1. The largest absolute Gasteiger partial charge is 0.330 e. The maximum atomic E-state index is 5.94. The van der Waals surface area contributed by atoms with Crippen LogP contribution in [0.25, 0.3) is 0 Å². The van der Waals surface area contributed by atoms with E-state index >= 15 is 0 Å². The summed E-state index contributed by atoms with van der Waals surface area (Å²) in [6.07, 6.45) is 6.79. The van der Waals surface area contributed by atoms with E-state index in [4.69, 9.17) is 5.73 Å². The fraction of sp³-hybridized carbons (Fsp3) is 1.00. The van der Waals surface area contributed by atoms with Gasteiger partial charge in [0.2, 0.25) is 0 Å². The Balaban J connectivity index is 1.74. The Hall–Kier alpha value is -0.120. The van der Waals surface area contributed by atoms with Crippen molar-refractivity contribution in [1.82, 2.24) is 9.80 Å². The topological polar surface area (TPSA) is 32.5 Å². The van der Waals surface area contributed by atoms with Crippen LogP contribution in [0.15, 0.2) is 0 Å². The predicted molar refractivity (Wildman–Crippen MR) is 86.8 cm³/mol. The van der Waals surface area contributed by atoms with Crippen LogP contribution in [0, 0.1) is 17.8 Å². The number of rotatable bonds is 6. The highest BCUT2D eigenvalue weighted by atomic mass is 15.2. The summed E-state index contributed by atoms with van der Waals surface area (Å²) < 4.78 is 0. The number of nitrogens with two attached hydrogens (primary N) is 1. The van der Waals surface area contributed by atoms with Crippen LogP contribution in [0.1, 0.15) is 46.0 Å². The molecule has 2 aliphatic rings. The van der Waals surface area contributed by atoms with Crippen molar-refractivity contribution in [1.29, 1.82) is 0 Å². The summed E-state index contributed by atoms with van der Waals surface area (Å²) in [5.41, 5.74) is 5.94. The fourth-order valence-corrected chi connectivity index (χ4v) is 4.29. The summed E-state index contributed by atoms with van der Waals surface area (Å²) in [6.45, 7) is 10.7. The SMILES string of the molecule is CC(C)CC(CN)CCN1CCC2C(CCCN2C)C1. The molecule has 3 heteroatoms. The summed E-state index contributed by atoms with van der Waals surface area (Å²) in [6, 6.07) is 0.862. The minimum absolute atomic E-state index is 0.724. The zero-order chi connectivity index (χ0) is 14.5. The molecule has 3 nitrogen and oxygen atoms in total. The van der Waals surface area contributed by atoms with Crippen LogP contribution < -0.4 is 5.73 Å². The Morgan fingerprint density at radius 3 is 2.70 bits per heavy atom. The lowest BCUT2D eigenvalue weighted by atomic mass is 9.84. The van der Waals surface area contributed by atoms with Gasteiger partial charge in [0.05, 0.1) is 0 Å². The molecule has 118 valence electrons. The standard InChI is InChI=1S/C17H35N3/c1-14(2)11-15(12-18)6-9-20-10-7-17-16(13-20)5-4-8-19(17)3/h14-17H,4-13,18H2,1-3H3. The summed E-state index contributed by atoms with van der Waals surface area (Å²) in [7, 11) is 2.32. The van der Waals surface area contributed by atoms with Crippen LogP contribution in [0.5, 0.6) is 0 Å². The zero-order valence-corrected chi connectivity index (χ0v) is 13.9. The van der Waals surface area contributed by atoms with Gasteiger partial charge in [-0.2, -0.15) is 0 Å². The minimum Gasteiger partial charge on any atom is -0.330 e. The van der Waals surface area contributed by atoms with Crippen molar-refractivity contribution >= 4 is 0 Å². The maximum absolute atomic E-state index is 5.94. The smallest absolute Gasteiger partial charge is 0.0145 e. The first-order chi connectivity index (χ1) is 9.60. The van der Waals surface area contributed by atoms with Crippen molar-refractivity contribution in [2.24, 2.45) is 23.5 Å². The van der Waals surface area contributed by atoms with Gasteiger partial charge in [-0.1, -0.05) is 13.8 Å². The van der Waals surface area contributed by atoms with Crippen molar-refractivity contribution in [3.63, 3.8) is 0 Å². The first kappa shape index (κ1) is 16.3. The second kappa shape index (κ2) is 7.77. The fourth-order valence-electron chi connectivity index (χ4n) is 4.29. The molecule has 0 amide bonds. The lowest BCUT2D eigenvalue weighted by Gasteiger charge is -2.46. The van der Waals surface area contributed by atoms with Gasteiger partial charge in [-0.3, -0.25) is 0 Å².